The van der Waals surface area contributed by atoms with E-state index in [1.807, 2.05) is 35.7 Å². The molecule has 0 saturated carbocycles. The number of fused-ring (bicyclic) bond motifs is 1. The number of hydrogen-bond donors (Lipinski definition) is 0. The number of carbonyl (C=O) groups excluding carboxylic acids is 1. The number of rotatable bonds is 3. The zero-order valence-corrected chi connectivity index (χ0v) is 13.3. The van der Waals surface area contributed by atoms with Gasteiger partial charge in [-0.2, -0.15) is 0 Å². The van der Waals surface area contributed by atoms with E-state index in [2.05, 4.69) is 26.0 Å². The summed E-state index contributed by atoms with van der Waals surface area (Å²) in [6.07, 6.45) is 2.84. The molecule has 0 aliphatic carbocycles. The van der Waals surface area contributed by atoms with Gasteiger partial charge < -0.3 is 9.14 Å². The summed E-state index contributed by atoms with van der Waals surface area (Å²) in [5.41, 5.74) is 7.04. The molecule has 3 aromatic rings. The molecule has 0 aliphatic heterocycles. The molecule has 1 aromatic carbocycles. The Morgan fingerprint density at radius 2 is 1.73 bits per heavy atom. The summed E-state index contributed by atoms with van der Waals surface area (Å²) in [6, 6.07) is 10.2. The lowest BCUT2D eigenvalue weighted by molar-refractivity contribution is 0.111. The lowest BCUT2D eigenvalue weighted by atomic mass is 9.99. The molecule has 0 atom stereocenters. The molecule has 0 N–H and O–H groups in total. The average molecular weight is 293 g/mol. The van der Waals surface area contributed by atoms with Gasteiger partial charge in [-0.15, -0.1) is 0 Å². The topological polar surface area (TPSA) is 30.7 Å². The normalized spacial score (nSPS) is 10.9. The second-order valence-corrected chi connectivity index (χ2v) is 5.70. The lowest BCUT2D eigenvalue weighted by Crippen LogP contribution is -1.95. The third kappa shape index (κ3) is 2.19. The lowest BCUT2D eigenvalue weighted by Gasteiger charge is -2.11. The second kappa shape index (κ2) is 5.34. The molecule has 3 rings (SSSR count). The molecule has 3 heteroatoms. The van der Waals surface area contributed by atoms with Crippen molar-refractivity contribution in [1.82, 2.24) is 4.40 Å². The summed E-state index contributed by atoms with van der Waals surface area (Å²) in [6.45, 7) is 6.17. The van der Waals surface area contributed by atoms with Crippen molar-refractivity contribution in [3.8, 4) is 16.9 Å². The Balaban J connectivity index is 2.35. The molecule has 22 heavy (non-hydrogen) atoms. The van der Waals surface area contributed by atoms with Crippen LogP contribution < -0.4 is 4.74 Å². The first-order chi connectivity index (χ1) is 10.5. The third-order valence-electron chi connectivity index (χ3n) is 4.19. The average Bonchev–Trinajstić information content (AvgIpc) is 2.86. The highest BCUT2D eigenvalue weighted by Crippen LogP contribution is 2.36. The number of pyridine rings is 1. The third-order valence-corrected chi connectivity index (χ3v) is 4.19. The van der Waals surface area contributed by atoms with Gasteiger partial charge in [-0.25, -0.2) is 0 Å². The van der Waals surface area contributed by atoms with Gasteiger partial charge in [0.1, 0.15) is 5.75 Å². The molecule has 0 saturated heterocycles. The number of aldehydes is 1. The first-order valence-electron chi connectivity index (χ1n) is 7.27. The number of nitrogens with zero attached hydrogens (tertiary/aromatic N) is 1. The number of ether oxygens (including phenoxy) is 1. The largest absolute Gasteiger partial charge is 0.496 e. The first-order valence-corrected chi connectivity index (χ1v) is 7.27. The van der Waals surface area contributed by atoms with Crippen LogP contribution in [0, 0.1) is 20.8 Å². The van der Waals surface area contributed by atoms with Gasteiger partial charge >= 0.3 is 0 Å². The maximum absolute atomic E-state index is 11.7. The van der Waals surface area contributed by atoms with Crippen molar-refractivity contribution in [3.05, 3.63) is 58.9 Å². The minimum Gasteiger partial charge on any atom is -0.496 e. The van der Waals surface area contributed by atoms with Crippen LogP contribution in [0.4, 0.5) is 0 Å². The van der Waals surface area contributed by atoms with E-state index < -0.39 is 0 Å². The van der Waals surface area contributed by atoms with E-state index in [1.54, 1.807) is 7.11 Å². The van der Waals surface area contributed by atoms with E-state index in [0.717, 1.165) is 28.7 Å². The highest BCUT2D eigenvalue weighted by molar-refractivity contribution is 5.91. The van der Waals surface area contributed by atoms with Crippen molar-refractivity contribution < 1.29 is 9.53 Å². The van der Waals surface area contributed by atoms with Crippen LogP contribution >= 0.6 is 0 Å². The Morgan fingerprint density at radius 3 is 2.41 bits per heavy atom. The highest BCUT2D eigenvalue weighted by atomic mass is 16.5. The summed E-state index contributed by atoms with van der Waals surface area (Å²) < 4.78 is 7.45. The van der Waals surface area contributed by atoms with Gasteiger partial charge in [0.15, 0.2) is 6.29 Å². The quantitative estimate of drug-likeness (QED) is 0.672. The van der Waals surface area contributed by atoms with Gasteiger partial charge in [-0.05, 0) is 67.8 Å². The summed E-state index contributed by atoms with van der Waals surface area (Å²) in [4.78, 5) is 11.7. The van der Waals surface area contributed by atoms with Crippen molar-refractivity contribution in [2.75, 3.05) is 7.11 Å². The van der Waals surface area contributed by atoms with Gasteiger partial charge in [0.05, 0.1) is 12.8 Å². The van der Waals surface area contributed by atoms with Crippen molar-refractivity contribution in [1.29, 1.82) is 0 Å². The predicted octanol–water partition coefficient (Wildman–Crippen LogP) is 4.35. The van der Waals surface area contributed by atoms with Gasteiger partial charge in [-0.3, -0.25) is 4.79 Å². The van der Waals surface area contributed by atoms with Crippen LogP contribution in [0.15, 0.2) is 36.5 Å². The smallest absolute Gasteiger partial charge is 0.167 e. The second-order valence-electron chi connectivity index (χ2n) is 5.70. The molecule has 0 amide bonds. The van der Waals surface area contributed by atoms with E-state index in [-0.39, 0.29) is 0 Å². The van der Waals surface area contributed by atoms with E-state index in [1.165, 1.54) is 16.7 Å². The summed E-state index contributed by atoms with van der Waals surface area (Å²) in [5.74, 6) is 0.791. The number of hydrogen-bond acceptors (Lipinski definition) is 2. The molecule has 0 spiro atoms. The van der Waals surface area contributed by atoms with Crippen LogP contribution in [0.1, 0.15) is 27.2 Å². The molecule has 0 fully saturated rings. The minimum absolute atomic E-state index is 0.650. The molecular weight excluding hydrogens is 274 g/mol. The van der Waals surface area contributed by atoms with Crippen LogP contribution in [0.3, 0.4) is 0 Å². The minimum atomic E-state index is 0.650. The molecule has 0 aliphatic rings. The van der Waals surface area contributed by atoms with Crippen LogP contribution in [0.5, 0.6) is 5.75 Å². The molecule has 0 bridgehead atoms. The van der Waals surface area contributed by atoms with Crippen molar-refractivity contribution in [2.24, 2.45) is 0 Å². The van der Waals surface area contributed by atoms with Crippen molar-refractivity contribution in [2.45, 2.75) is 20.8 Å². The Morgan fingerprint density at radius 1 is 1.00 bits per heavy atom. The zero-order chi connectivity index (χ0) is 15.9. The summed E-state index contributed by atoms with van der Waals surface area (Å²) in [7, 11) is 1.66. The maximum Gasteiger partial charge on any atom is 0.167 e. The summed E-state index contributed by atoms with van der Waals surface area (Å²) >= 11 is 0. The van der Waals surface area contributed by atoms with Gasteiger partial charge in [0, 0.05) is 22.8 Å². The Hall–Kier alpha value is -2.55. The fraction of sp³-hybridized carbons (Fsp3) is 0.211. The zero-order valence-electron chi connectivity index (χ0n) is 13.3. The van der Waals surface area contributed by atoms with Gasteiger partial charge in [0.2, 0.25) is 0 Å². The molecular formula is C19H19NO2. The van der Waals surface area contributed by atoms with E-state index in [4.69, 9.17) is 4.74 Å². The molecule has 2 aromatic heterocycles. The first kappa shape index (κ1) is 14.4. The highest BCUT2D eigenvalue weighted by Gasteiger charge is 2.16. The predicted molar refractivity (Wildman–Crippen MR) is 89.0 cm³/mol. The number of aryl methyl sites for hydroxylation is 3. The number of aromatic nitrogens is 1. The number of carbonyl (C=O) groups is 1. The van der Waals surface area contributed by atoms with Crippen LogP contribution in [-0.4, -0.2) is 17.8 Å². The number of methoxy groups -OCH3 is 1. The van der Waals surface area contributed by atoms with Crippen LogP contribution in [-0.2, 0) is 0 Å². The Kier molecular flexibility index (Phi) is 3.49. The van der Waals surface area contributed by atoms with Gasteiger partial charge in [-0.1, -0.05) is 0 Å². The van der Waals surface area contributed by atoms with E-state index >= 15 is 0 Å². The molecule has 3 nitrogen and oxygen atoms in total. The summed E-state index contributed by atoms with van der Waals surface area (Å²) in [5, 5.41) is 0. The van der Waals surface area contributed by atoms with Gasteiger partial charge in [0.25, 0.3) is 0 Å². The van der Waals surface area contributed by atoms with Crippen molar-refractivity contribution in [3.63, 3.8) is 0 Å². The SMILES string of the molecule is COc1cc(C)c(C)cc1-c1cc2cc(C)ccn2c1C=O. The molecule has 2 heterocycles. The van der Waals surface area contributed by atoms with Crippen molar-refractivity contribution >= 4 is 11.8 Å². The van der Waals surface area contributed by atoms with Crippen LogP contribution in [0.25, 0.3) is 16.6 Å². The standard InChI is InChI=1S/C19H19NO2/c1-12-5-6-20-15(7-12)10-16(18(20)11-21)17-8-13(2)14(3)9-19(17)22-4/h5-11H,1-4H3. The van der Waals surface area contributed by atoms with E-state index in [9.17, 15) is 4.79 Å². The molecule has 0 unspecified atom stereocenters. The molecule has 0 radical (unpaired) electrons. The Bertz CT molecular complexity index is 875. The fourth-order valence-corrected chi connectivity index (χ4v) is 2.82. The fourth-order valence-electron chi connectivity index (χ4n) is 2.82. The molecule has 112 valence electrons. The number of benzene rings is 1. The Labute approximate surface area is 130 Å². The monoisotopic (exact) mass is 293 g/mol. The van der Waals surface area contributed by atoms with E-state index in [0.29, 0.717) is 5.69 Å². The van der Waals surface area contributed by atoms with Crippen LogP contribution in [0.2, 0.25) is 0 Å². The maximum atomic E-state index is 11.7.